The van der Waals surface area contributed by atoms with Gasteiger partial charge in [0.2, 0.25) is 5.91 Å². The third-order valence-electron chi connectivity index (χ3n) is 4.96. The summed E-state index contributed by atoms with van der Waals surface area (Å²) < 4.78 is 0. The number of amides is 1. The number of carbonyl (C=O) groups is 1. The van der Waals surface area contributed by atoms with Crippen LogP contribution >= 0.6 is 12.4 Å². The van der Waals surface area contributed by atoms with E-state index in [1.807, 2.05) is 0 Å². The van der Waals surface area contributed by atoms with Crippen LogP contribution in [-0.4, -0.2) is 18.5 Å². The Morgan fingerprint density at radius 3 is 2.35 bits per heavy atom. The van der Waals surface area contributed by atoms with Gasteiger partial charge in [0.15, 0.2) is 0 Å². The molecule has 2 saturated carbocycles. The predicted molar refractivity (Wildman–Crippen MR) is 85.9 cm³/mol. The quantitative estimate of drug-likeness (QED) is 0.758. The summed E-state index contributed by atoms with van der Waals surface area (Å²) in [5.41, 5.74) is 5.75. The number of hydrogen-bond donors (Lipinski definition) is 2. The van der Waals surface area contributed by atoms with Crippen LogP contribution in [0.5, 0.6) is 0 Å². The van der Waals surface area contributed by atoms with Crippen LogP contribution in [0.1, 0.15) is 64.7 Å². The maximum Gasteiger partial charge on any atom is 0.223 e. The summed E-state index contributed by atoms with van der Waals surface area (Å²) in [6.45, 7) is 2.85. The average Bonchev–Trinajstić information content (AvgIpc) is 3.27. The predicted octanol–water partition coefficient (Wildman–Crippen LogP) is 3.26. The second kappa shape index (κ2) is 8.89. The molecule has 1 amide bonds. The molecular formula is C16H31ClN2O. The third kappa shape index (κ3) is 5.25. The van der Waals surface area contributed by atoms with Crippen molar-refractivity contribution in [1.82, 2.24) is 5.32 Å². The summed E-state index contributed by atoms with van der Waals surface area (Å²) in [6, 6.07) is 0.241. The van der Waals surface area contributed by atoms with Gasteiger partial charge in [-0.05, 0) is 50.4 Å². The van der Waals surface area contributed by atoms with Gasteiger partial charge in [0.05, 0.1) is 0 Å². The molecule has 0 bridgehead atoms. The lowest BCUT2D eigenvalue weighted by Gasteiger charge is -2.29. The Hall–Kier alpha value is -0.280. The highest BCUT2D eigenvalue weighted by Crippen LogP contribution is 2.34. The van der Waals surface area contributed by atoms with Crippen LogP contribution in [0.2, 0.25) is 0 Å². The highest BCUT2D eigenvalue weighted by molar-refractivity contribution is 5.85. The summed E-state index contributed by atoms with van der Waals surface area (Å²) in [7, 11) is 0. The summed E-state index contributed by atoms with van der Waals surface area (Å²) in [6.07, 6.45) is 11.1. The fourth-order valence-electron chi connectivity index (χ4n) is 3.37. The first-order valence-electron chi connectivity index (χ1n) is 8.25. The van der Waals surface area contributed by atoms with Crippen molar-refractivity contribution >= 4 is 18.3 Å². The fourth-order valence-corrected chi connectivity index (χ4v) is 3.37. The van der Waals surface area contributed by atoms with Crippen molar-refractivity contribution in [3.8, 4) is 0 Å². The van der Waals surface area contributed by atoms with E-state index in [1.165, 1.54) is 44.9 Å². The lowest BCUT2D eigenvalue weighted by atomic mass is 9.79. The molecule has 4 heteroatoms. The van der Waals surface area contributed by atoms with Crippen LogP contribution in [0, 0.1) is 17.8 Å². The second-order valence-corrected chi connectivity index (χ2v) is 6.55. The van der Waals surface area contributed by atoms with E-state index in [-0.39, 0.29) is 30.3 Å². The molecule has 0 saturated heterocycles. The van der Waals surface area contributed by atoms with E-state index in [0.717, 1.165) is 18.8 Å². The van der Waals surface area contributed by atoms with Crippen LogP contribution in [0.25, 0.3) is 0 Å². The molecule has 0 aromatic carbocycles. The van der Waals surface area contributed by atoms with Gasteiger partial charge >= 0.3 is 0 Å². The minimum atomic E-state index is 0. The molecule has 2 aliphatic carbocycles. The molecular weight excluding hydrogens is 272 g/mol. The van der Waals surface area contributed by atoms with Crippen LogP contribution in [0.4, 0.5) is 0 Å². The number of nitrogens with two attached hydrogens (primary N) is 1. The molecule has 0 heterocycles. The average molecular weight is 303 g/mol. The van der Waals surface area contributed by atoms with Crippen LogP contribution in [0.15, 0.2) is 0 Å². The van der Waals surface area contributed by atoms with Gasteiger partial charge in [-0.2, -0.15) is 0 Å². The third-order valence-corrected chi connectivity index (χ3v) is 4.96. The van der Waals surface area contributed by atoms with Gasteiger partial charge in [-0.25, -0.2) is 0 Å². The van der Waals surface area contributed by atoms with Crippen LogP contribution < -0.4 is 11.1 Å². The fraction of sp³-hybridized carbons (Fsp3) is 0.938. The van der Waals surface area contributed by atoms with Gasteiger partial charge < -0.3 is 11.1 Å². The van der Waals surface area contributed by atoms with Crippen molar-refractivity contribution in [3.05, 3.63) is 0 Å². The second-order valence-electron chi connectivity index (χ2n) is 6.55. The minimum absolute atomic E-state index is 0. The van der Waals surface area contributed by atoms with Gasteiger partial charge in [-0.3, -0.25) is 4.79 Å². The number of hydrogen-bond acceptors (Lipinski definition) is 2. The largest absolute Gasteiger partial charge is 0.352 e. The normalized spacial score (nSPS) is 27.5. The summed E-state index contributed by atoms with van der Waals surface area (Å²) in [4.78, 5) is 12.3. The van der Waals surface area contributed by atoms with Gasteiger partial charge in [-0.1, -0.05) is 26.2 Å². The maximum atomic E-state index is 12.3. The molecule has 0 spiro atoms. The topological polar surface area (TPSA) is 55.1 Å². The molecule has 3 N–H and O–H groups in total. The summed E-state index contributed by atoms with van der Waals surface area (Å²) in [5, 5.41) is 3.19. The number of carbonyl (C=O) groups excluding carboxylic acids is 1. The van der Waals surface area contributed by atoms with Crippen molar-refractivity contribution in [2.75, 3.05) is 6.54 Å². The molecule has 0 aromatic rings. The van der Waals surface area contributed by atoms with E-state index in [2.05, 4.69) is 12.2 Å². The van der Waals surface area contributed by atoms with Crippen molar-refractivity contribution in [1.29, 1.82) is 0 Å². The zero-order valence-electron chi connectivity index (χ0n) is 12.8. The van der Waals surface area contributed by atoms with E-state index < -0.39 is 0 Å². The highest BCUT2D eigenvalue weighted by Gasteiger charge is 2.33. The van der Waals surface area contributed by atoms with E-state index in [0.29, 0.717) is 12.5 Å². The Morgan fingerprint density at radius 1 is 1.20 bits per heavy atom. The van der Waals surface area contributed by atoms with E-state index in [1.54, 1.807) is 0 Å². The molecule has 3 nitrogen and oxygen atoms in total. The number of nitrogens with one attached hydrogen (secondary N) is 1. The molecule has 2 rings (SSSR count). The van der Waals surface area contributed by atoms with Crippen LogP contribution in [-0.2, 0) is 4.79 Å². The van der Waals surface area contributed by atoms with Gasteiger partial charge in [0.1, 0.15) is 0 Å². The number of halogens is 1. The molecule has 0 radical (unpaired) electrons. The molecule has 2 aliphatic rings. The highest BCUT2D eigenvalue weighted by atomic mass is 35.5. The lowest BCUT2D eigenvalue weighted by molar-refractivity contribution is -0.127. The molecule has 0 aromatic heterocycles. The minimum Gasteiger partial charge on any atom is -0.352 e. The summed E-state index contributed by atoms with van der Waals surface area (Å²) in [5.74, 6) is 2.06. The summed E-state index contributed by atoms with van der Waals surface area (Å²) >= 11 is 0. The Labute approximate surface area is 129 Å². The first-order chi connectivity index (χ1) is 9.24. The Kier molecular flexibility index (Phi) is 7.90. The maximum absolute atomic E-state index is 12.3. The first kappa shape index (κ1) is 17.8. The molecule has 20 heavy (non-hydrogen) atoms. The van der Waals surface area contributed by atoms with E-state index >= 15 is 0 Å². The zero-order valence-corrected chi connectivity index (χ0v) is 13.6. The standard InChI is InChI=1S/C16H30N2O.ClH/c1-2-3-4-12-5-7-14(8-6-12)16(19)18-15(11-17)13-9-10-13;/h12-15H,2-11,17H2,1H3,(H,18,19);1H. The smallest absolute Gasteiger partial charge is 0.223 e. The number of rotatable bonds is 7. The van der Waals surface area contributed by atoms with E-state index in [9.17, 15) is 4.79 Å². The van der Waals surface area contributed by atoms with E-state index in [4.69, 9.17) is 5.73 Å². The molecule has 118 valence electrons. The van der Waals surface area contributed by atoms with Crippen molar-refractivity contribution in [3.63, 3.8) is 0 Å². The Balaban J connectivity index is 0.00000200. The molecule has 1 unspecified atom stereocenters. The Morgan fingerprint density at radius 2 is 1.85 bits per heavy atom. The van der Waals surface area contributed by atoms with Crippen molar-refractivity contribution in [2.24, 2.45) is 23.5 Å². The lowest BCUT2D eigenvalue weighted by Crippen LogP contribution is -2.45. The number of unbranched alkanes of at least 4 members (excludes halogenated alkanes) is 1. The molecule has 1 atom stereocenters. The van der Waals surface area contributed by atoms with Gasteiger partial charge in [0.25, 0.3) is 0 Å². The van der Waals surface area contributed by atoms with Crippen molar-refractivity contribution in [2.45, 2.75) is 70.8 Å². The van der Waals surface area contributed by atoms with Crippen molar-refractivity contribution < 1.29 is 4.79 Å². The zero-order chi connectivity index (χ0) is 13.7. The SMILES string of the molecule is CCCCC1CCC(C(=O)NC(CN)C2CC2)CC1.Cl. The molecule has 0 aliphatic heterocycles. The Bertz CT molecular complexity index is 286. The first-order valence-corrected chi connectivity index (χ1v) is 8.25. The van der Waals surface area contributed by atoms with Gasteiger partial charge in [0, 0.05) is 18.5 Å². The van der Waals surface area contributed by atoms with Gasteiger partial charge in [-0.15, -0.1) is 12.4 Å². The van der Waals surface area contributed by atoms with Crippen LogP contribution in [0.3, 0.4) is 0 Å². The molecule has 2 fully saturated rings. The monoisotopic (exact) mass is 302 g/mol.